The van der Waals surface area contributed by atoms with Crippen LogP contribution in [0.2, 0.25) is 0 Å². The molecule has 0 unspecified atom stereocenters. The first kappa shape index (κ1) is 10.8. The van der Waals surface area contributed by atoms with Gasteiger partial charge in [0.25, 0.3) is 0 Å². The third-order valence-corrected chi connectivity index (χ3v) is 1.83. The third-order valence-electron chi connectivity index (χ3n) is 1.83. The van der Waals surface area contributed by atoms with E-state index in [1.165, 1.54) is 0 Å². The van der Waals surface area contributed by atoms with E-state index in [-0.39, 0.29) is 4.65 Å². The summed E-state index contributed by atoms with van der Waals surface area (Å²) < 4.78 is -0.324. The summed E-state index contributed by atoms with van der Waals surface area (Å²) in [7, 11) is 3.26. The second kappa shape index (κ2) is 4.26. The van der Waals surface area contributed by atoms with Crippen molar-refractivity contribution in [2.75, 3.05) is 19.4 Å². The van der Waals surface area contributed by atoms with Crippen molar-refractivity contribution in [1.29, 1.82) is 0 Å². The fourth-order valence-corrected chi connectivity index (χ4v) is 1.32. The second-order valence-corrected chi connectivity index (χ2v) is 3.74. The molecule has 0 spiro atoms. The standard InChI is InChI=1S/C11H16N2O/c1-4-12-11-8-6-5-7-10(11)9-13(2,3)14/h4-8,12H,1,9H2,2-3H3. The smallest absolute Gasteiger partial charge is 0.106 e. The maximum Gasteiger partial charge on any atom is 0.106 e. The zero-order chi connectivity index (χ0) is 10.6. The van der Waals surface area contributed by atoms with Crippen molar-refractivity contribution in [2.24, 2.45) is 0 Å². The zero-order valence-corrected chi connectivity index (χ0v) is 8.66. The Morgan fingerprint density at radius 3 is 2.64 bits per heavy atom. The number of hydrogen-bond acceptors (Lipinski definition) is 2. The fourth-order valence-electron chi connectivity index (χ4n) is 1.32. The highest BCUT2D eigenvalue weighted by atomic mass is 16.5. The lowest BCUT2D eigenvalue weighted by Gasteiger charge is -2.34. The number of benzene rings is 1. The molecule has 1 aromatic rings. The van der Waals surface area contributed by atoms with E-state index in [4.69, 9.17) is 0 Å². The van der Waals surface area contributed by atoms with Gasteiger partial charge in [0.1, 0.15) is 6.54 Å². The first-order valence-corrected chi connectivity index (χ1v) is 4.52. The van der Waals surface area contributed by atoms with Crippen LogP contribution in [0.1, 0.15) is 5.56 Å². The van der Waals surface area contributed by atoms with Gasteiger partial charge in [0.2, 0.25) is 0 Å². The molecule has 76 valence electrons. The van der Waals surface area contributed by atoms with Gasteiger partial charge in [0, 0.05) is 11.3 Å². The highest BCUT2D eigenvalue weighted by Gasteiger charge is 2.07. The van der Waals surface area contributed by atoms with Gasteiger partial charge in [-0.15, -0.1) is 0 Å². The summed E-state index contributed by atoms with van der Waals surface area (Å²) in [5.74, 6) is 0. The molecule has 1 N–H and O–H groups in total. The average Bonchev–Trinajstić information content (AvgIpc) is 2.06. The average molecular weight is 192 g/mol. The number of para-hydroxylation sites is 1. The van der Waals surface area contributed by atoms with Crippen LogP contribution in [0.4, 0.5) is 5.69 Å². The van der Waals surface area contributed by atoms with Crippen molar-refractivity contribution < 1.29 is 4.65 Å². The molecule has 0 aromatic heterocycles. The second-order valence-electron chi connectivity index (χ2n) is 3.74. The SMILES string of the molecule is C=CNc1ccccc1C[N+](C)(C)[O-]. The lowest BCUT2D eigenvalue weighted by molar-refractivity contribution is -0.853. The first-order valence-electron chi connectivity index (χ1n) is 4.52. The minimum Gasteiger partial charge on any atom is -0.633 e. The molecule has 0 bridgehead atoms. The van der Waals surface area contributed by atoms with E-state index < -0.39 is 0 Å². The van der Waals surface area contributed by atoms with E-state index in [1.807, 2.05) is 24.3 Å². The number of nitrogens with one attached hydrogen (secondary N) is 1. The van der Waals surface area contributed by atoms with Crippen LogP contribution in [-0.4, -0.2) is 18.7 Å². The summed E-state index contributed by atoms with van der Waals surface area (Å²) in [6, 6.07) is 7.75. The summed E-state index contributed by atoms with van der Waals surface area (Å²) in [5, 5.41) is 14.5. The minimum atomic E-state index is -0.324. The summed E-state index contributed by atoms with van der Waals surface area (Å²) in [6.07, 6.45) is 1.61. The summed E-state index contributed by atoms with van der Waals surface area (Å²) in [4.78, 5) is 0. The summed E-state index contributed by atoms with van der Waals surface area (Å²) in [5.41, 5.74) is 1.96. The van der Waals surface area contributed by atoms with Crippen molar-refractivity contribution in [1.82, 2.24) is 0 Å². The van der Waals surface area contributed by atoms with Crippen molar-refractivity contribution >= 4 is 5.69 Å². The van der Waals surface area contributed by atoms with Crippen LogP contribution in [0.3, 0.4) is 0 Å². The zero-order valence-electron chi connectivity index (χ0n) is 8.66. The molecule has 3 heteroatoms. The number of hydroxylamine groups is 3. The molecule has 0 aliphatic carbocycles. The molecular formula is C11H16N2O. The fraction of sp³-hybridized carbons (Fsp3) is 0.273. The third kappa shape index (κ3) is 3.20. The monoisotopic (exact) mass is 192 g/mol. The number of nitrogens with zero attached hydrogens (tertiary/aromatic N) is 1. The number of rotatable bonds is 4. The Balaban J connectivity index is 2.89. The molecule has 0 aliphatic rings. The van der Waals surface area contributed by atoms with E-state index in [0.717, 1.165) is 11.3 Å². The van der Waals surface area contributed by atoms with Crippen LogP contribution in [0.25, 0.3) is 0 Å². The molecule has 0 fully saturated rings. The van der Waals surface area contributed by atoms with Crippen molar-refractivity contribution in [3.63, 3.8) is 0 Å². The van der Waals surface area contributed by atoms with Crippen LogP contribution >= 0.6 is 0 Å². The van der Waals surface area contributed by atoms with Crippen LogP contribution < -0.4 is 5.32 Å². The molecule has 0 saturated carbocycles. The molecule has 0 aliphatic heterocycles. The Hall–Kier alpha value is -1.32. The molecule has 0 atom stereocenters. The van der Waals surface area contributed by atoms with Crippen LogP contribution in [-0.2, 0) is 6.54 Å². The highest BCUT2D eigenvalue weighted by Crippen LogP contribution is 2.18. The summed E-state index contributed by atoms with van der Waals surface area (Å²) >= 11 is 0. The largest absolute Gasteiger partial charge is 0.633 e. The first-order chi connectivity index (χ1) is 6.53. The summed E-state index contributed by atoms with van der Waals surface area (Å²) in [6.45, 7) is 4.05. The molecule has 0 saturated heterocycles. The minimum absolute atomic E-state index is 0.324. The predicted molar refractivity (Wildman–Crippen MR) is 59.4 cm³/mol. The Labute approximate surface area is 84.8 Å². The van der Waals surface area contributed by atoms with Gasteiger partial charge >= 0.3 is 0 Å². The Morgan fingerprint density at radius 1 is 1.43 bits per heavy atom. The molecule has 14 heavy (non-hydrogen) atoms. The lowest BCUT2D eigenvalue weighted by Crippen LogP contribution is -2.31. The predicted octanol–water partition coefficient (Wildman–Crippen LogP) is 2.32. The van der Waals surface area contributed by atoms with E-state index in [0.29, 0.717) is 6.54 Å². The molecule has 3 nitrogen and oxygen atoms in total. The van der Waals surface area contributed by atoms with Gasteiger partial charge in [-0.1, -0.05) is 24.8 Å². The van der Waals surface area contributed by atoms with Crippen molar-refractivity contribution in [3.8, 4) is 0 Å². The van der Waals surface area contributed by atoms with Gasteiger partial charge in [-0.25, -0.2) is 0 Å². The van der Waals surface area contributed by atoms with Crippen molar-refractivity contribution in [2.45, 2.75) is 6.54 Å². The van der Waals surface area contributed by atoms with Crippen molar-refractivity contribution in [3.05, 3.63) is 47.8 Å². The number of hydrogen-bond donors (Lipinski definition) is 1. The molecule has 1 rings (SSSR count). The number of quaternary nitrogens is 1. The van der Waals surface area contributed by atoms with Crippen LogP contribution in [0, 0.1) is 5.21 Å². The normalized spacial score (nSPS) is 11.1. The van der Waals surface area contributed by atoms with Crippen LogP contribution in [0.5, 0.6) is 0 Å². The van der Waals surface area contributed by atoms with Gasteiger partial charge in [0.15, 0.2) is 0 Å². The van der Waals surface area contributed by atoms with Gasteiger partial charge in [-0.2, -0.15) is 0 Å². The Kier molecular flexibility index (Phi) is 3.28. The van der Waals surface area contributed by atoms with Gasteiger partial charge in [0.05, 0.1) is 14.1 Å². The molecular weight excluding hydrogens is 176 g/mol. The quantitative estimate of drug-likeness (QED) is 0.587. The van der Waals surface area contributed by atoms with Gasteiger partial charge in [-0.05, 0) is 12.3 Å². The molecule has 0 radical (unpaired) electrons. The topological polar surface area (TPSA) is 35.1 Å². The highest BCUT2D eigenvalue weighted by molar-refractivity contribution is 5.52. The van der Waals surface area contributed by atoms with E-state index in [9.17, 15) is 5.21 Å². The maximum absolute atomic E-state index is 11.5. The maximum atomic E-state index is 11.5. The number of anilines is 1. The van der Waals surface area contributed by atoms with E-state index in [1.54, 1.807) is 20.3 Å². The van der Waals surface area contributed by atoms with Gasteiger partial charge < -0.3 is 15.2 Å². The van der Waals surface area contributed by atoms with Gasteiger partial charge in [-0.3, -0.25) is 0 Å². The Bertz CT molecular complexity index is 315. The molecule has 0 amide bonds. The van der Waals surface area contributed by atoms with E-state index in [2.05, 4.69) is 11.9 Å². The van der Waals surface area contributed by atoms with Crippen LogP contribution in [0.15, 0.2) is 37.0 Å². The van der Waals surface area contributed by atoms with E-state index >= 15 is 0 Å². The Morgan fingerprint density at radius 2 is 2.07 bits per heavy atom. The molecule has 1 aromatic carbocycles. The lowest BCUT2D eigenvalue weighted by atomic mass is 10.1. The molecule has 0 heterocycles.